The fourth-order valence-electron chi connectivity index (χ4n) is 0.906. The minimum atomic E-state index is 0. The molecule has 0 N–H and O–H groups in total. The van der Waals surface area contributed by atoms with Gasteiger partial charge in [-0.3, -0.25) is 0 Å². The van der Waals surface area contributed by atoms with Gasteiger partial charge in [-0.25, -0.2) is 0 Å². The second kappa shape index (κ2) is 3.24. The molecule has 0 amide bonds. The van der Waals surface area contributed by atoms with Crippen molar-refractivity contribution in [1.29, 1.82) is 0 Å². The normalized spacial score (nSPS) is 9.20. The van der Waals surface area contributed by atoms with Crippen molar-refractivity contribution >= 4 is 40.5 Å². The van der Waals surface area contributed by atoms with Gasteiger partial charge in [0.05, 0.1) is 6.26 Å². The predicted molar refractivity (Wildman–Crippen MR) is 42.0 cm³/mol. The molecule has 0 unspecified atom stereocenters. The summed E-state index contributed by atoms with van der Waals surface area (Å²) in [5.74, 6) is 0. The molecule has 2 aromatic rings. The van der Waals surface area contributed by atoms with Crippen LogP contribution in [0.5, 0.6) is 0 Å². The molecule has 0 fully saturated rings. The summed E-state index contributed by atoms with van der Waals surface area (Å²) < 4.78 is 5.12. The van der Waals surface area contributed by atoms with E-state index in [2.05, 4.69) is 0 Å². The van der Waals surface area contributed by atoms with Crippen LogP contribution < -0.4 is 0 Å². The van der Waals surface area contributed by atoms with Gasteiger partial charge in [0, 0.05) is 34.9 Å². The van der Waals surface area contributed by atoms with E-state index in [1.165, 1.54) is 0 Å². The van der Waals surface area contributed by atoms with E-state index in [-0.39, 0.29) is 29.6 Å². The largest absolute Gasteiger partial charge is 0.464 e. The van der Waals surface area contributed by atoms with Crippen molar-refractivity contribution in [3.05, 3.63) is 36.6 Å². The fourth-order valence-corrected chi connectivity index (χ4v) is 0.906. The quantitative estimate of drug-likeness (QED) is 0.512. The van der Waals surface area contributed by atoms with Crippen LogP contribution in [0.4, 0.5) is 0 Å². The van der Waals surface area contributed by atoms with Gasteiger partial charge in [-0.2, -0.15) is 0 Å². The topological polar surface area (TPSA) is 13.1 Å². The van der Waals surface area contributed by atoms with Crippen LogP contribution in [0.1, 0.15) is 0 Å². The van der Waals surface area contributed by atoms with Crippen LogP contribution in [-0.2, 0) is 0 Å². The first-order valence-corrected chi connectivity index (χ1v) is 2.89. The monoisotopic (exact) mass is 141 g/mol. The molecule has 0 aliphatic heterocycles. The summed E-state index contributed by atoms with van der Waals surface area (Å²) in [4.78, 5) is 0. The Hall–Kier alpha value is -0.240. The van der Waals surface area contributed by atoms with Crippen molar-refractivity contribution in [2.45, 2.75) is 0 Å². The Balaban J connectivity index is 0.000000500. The van der Waals surface area contributed by atoms with E-state index < -0.39 is 0 Å². The second-order valence-corrected chi connectivity index (χ2v) is 1.96. The summed E-state index contributed by atoms with van der Waals surface area (Å²) in [5, 5.41) is 1.16. The van der Waals surface area contributed by atoms with Gasteiger partial charge in [0.25, 0.3) is 0 Å². The molecular weight excluding hydrogens is 135 g/mol. The van der Waals surface area contributed by atoms with Crippen LogP contribution in [0.25, 0.3) is 11.0 Å². The van der Waals surface area contributed by atoms with Gasteiger partial charge in [-0.15, -0.1) is 0 Å². The maximum absolute atomic E-state index is 5.12. The molecule has 1 aromatic heterocycles. The molecule has 0 aliphatic rings. The van der Waals surface area contributed by atoms with Crippen molar-refractivity contribution in [3.8, 4) is 0 Å². The third kappa shape index (κ3) is 1.26. The molecule has 2 heteroatoms. The molecule has 1 nitrogen and oxygen atoms in total. The molecule has 45 valence electrons. The van der Waals surface area contributed by atoms with Crippen molar-refractivity contribution < 1.29 is 4.42 Å². The Bertz CT molecular complexity index is 283. The van der Waals surface area contributed by atoms with Crippen LogP contribution in [-0.4, -0.2) is 29.6 Å². The van der Waals surface area contributed by atoms with Gasteiger partial charge in [-0.1, -0.05) is 18.2 Å². The molecular formula is C8H6NaO. The number of hydrogen-bond donors (Lipinski definition) is 0. The molecule has 0 bridgehead atoms. The second-order valence-electron chi connectivity index (χ2n) is 1.96. The molecule has 0 saturated carbocycles. The molecule has 10 heavy (non-hydrogen) atoms. The first-order valence-electron chi connectivity index (χ1n) is 2.89. The summed E-state index contributed by atoms with van der Waals surface area (Å²) in [6.07, 6.45) is 1.70. The van der Waals surface area contributed by atoms with Crippen molar-refractivity contribution in [2.75, 3.05) is 0 Å². The van der Waals surface area contributed by atoms with E-state index in [0.29, 0.717) is 0 Å². The van der Waals surface area contributed by atoms with Crippen LogP contribution >= 0.6 is 0 Å². The first kappa shape index (κ1) is 7.86. The van der Waals surface area contributed by atoms with Crippen molar-refractivity contribution in [1.82, 2.24) is 0 Å². The Morgan fingerprint density at radius 3 is 2.60 bits per heavy atom. The smallest absolute Gasteiger partial charge is 0.133 e. The van der Waals surface area contributed by atoms with Crippen LogP contribution in [0.3, 0.4) is 0 Å². The Labute approximate surface area is 81.3 Å². The third-order valence-electron chi connectivity index (χ3n) is 1.36. The van der Waals surface area contributed by atoms with Crippen LogP contribution in [0.15, 0.2) is 41.0 Å². The minimum Gasteiger partial charge on any atom is -0.464 e. The van der Waals surface area contributed by atoms with Gasteiger partial charge in [0.2, 0.25) is 0 Å². The summed E-state index contributed by atoms with van der Waals surface area (Å²) >= 11 is 0. The van der Waals surface area contributed by atoms with E-state index in [1.807, 2.05) is 30.3 Å². The SMILES string of the molecule is [Na].c1ccc2occc2c1. The van der Waals surface area contributed by atoms with Crippen LogP contribution in [0.2, 0.25) is 0 Å². The number of hydrogen-bond acceptors (Lipinski definition) is 1. The van der Waals surface area contributed by atoms with E-state index in [9.17, 15) is 0 Å². The van der Waals surface area contributed by atoms with E-state index in [4.69, 9.17) is 4.42 Å². The van der Waals surface area contributed by atoms with E-state index in [1.54, 1.807) is 6.26 Å². The zero-order valence-electron chi connectivity index (χ0n) is 5.87. The van der Waals surface area contributed by atoms with Gasteiger partial charge < -0.3 is 4.42 Å². The maximum Gasteiger partial charge on any atom is 0.133 e. The fraction of sp³-hybridized carbons (Fsp3) is 0. The zero-order chi connectivity index (χ0) is 6.10. The maximum atomic E-state index is 5.12. The van der Waals surface area contributed by atoms with Gasteiger partial charge in [0.15, 0.2) is 0 Å². The molecule has 0 spiro atoms. The molecule has 1 heterocycles. The number of benzene rings is 1. The molecule has 0 atom stereocenters. The van der Waals surface area contributed by atoms with Gasteiger partial charge >= 0.3 is 0 Å². The summed E-state index contributed by atoms with van der Waals surface area (Å²) in [7, 11) is 0. The van der Waals surface area contributed by atoms with Crippen molar-refractivity contribution in [3.63, 3.8) is 0 Å². The number of furan rings is 1. The van der Waals surface area contributed by atoms with Crippen LogP contribution in [0, 0.1) is 0 Å². The average molecular weight is 141 g/mol. The Morgan fingerprint density at radius 1 is 1.00 bits per heavy atom. The standard InChI is InChI=1S/C8H6O.Na/c1-2-4-8-7(3-1)5-6-9-8;/h1-6H;. The molecule has 1 aromatic carbocycles. The van der Waals surface area contributed by atoms with Gasteiger partial charge in [0.1, 0.15) is 5.58 Å². The Morgan fingerprint density at radius 2 is 1.80 bits per heavy atom. The zero-order valence-corrected chi connectivity index (χ0v) is 7.87. The summed E-state index contributed by atoms with van der Waals surface area (Å²) in [6, 6.07) is 9.90. The van der Waals surface area contributed by atoms with Gasteiger partial charge in [-0.05, 0) is 12.1 Å². The third-order valence-corrected chi connectivity index (χ3v) is 1.36. The molecule has 0 saturated heterocycles. The van der Waals surface area contributed by atoms with Crippen molar-refractivity contribution in [2.24, 2.45) is 0 Å². The summed E-state index contributed by atoms with van der Waals surface area (Å²) in [5.41, 5.74) is 0.956. The molecule has 2 rings (SSSR count). The Kier molecular flexibility index (Phi) is 2.55. The summed E-state index contributed by atoms with van der Waals surface area (Å²) in [6.45, 7) is 0. The predicted octanol–water partition coefficient (Wildman–Crippen LogP) is 2.05. The van der Waals surface area contributed by atoms with E-state index in [0.717, 1.165) is 11.0 Å². The average Bonchev–Trinajstić information content (AvgIpc) is 2.33. The molecule has 1 radical (unpaired) electrons. The number of para-hydroxylation sites is 1. The molecule has 0 aliphatic carbocycles. The number of fused-ring (bicyclic) bond motifs is 1. The van der Waals surface area contributed by atoms with E-state index >= 15 is 0 Å². The number of rotatable bonds is 0. The minimum absolute atomic E-state index is 0. The first-order chi connectivity index (χ1) is 4.47.